The number of hydrogen-bond acceptors (Lipinski definition) is 4. The van der Waals surface area contributed by atoms with E-state index in [2.05, 4.69) is 10.6 Å². The summed E-state index contributed by atoms with van der Waals surface area (Å²) in [5.74, 6) is 0. The smallest absolute Gasteiger partial charge is 0.407 e. The molecule has 2 atom stereocenters. The van der Waals surface area contributed by atoms with E-state index in [4.69, 9.17) is 9.84 Å². The van der Waals surface area contributed by atoms with Crippen molar-refractivity contribution in [1.82, 2.24) is 10.6 Å². The predicted octanol–water partition coefficient (Wildman–Crippen LogP) is 0.624. The first-order chi connectivity index (χ1) is 7.40. The first-order valence-corrected chi connectivity index (χ1v) is 5.74. The summed E-state index contributed by atoms with van der Waals surface area (Å²) < 4.78 is 5.17. The maximum atomic E-state index is 11.5. The monoisotopic (exact) mass is 230 g/mol. The van der Waals surface area contributed by atoms with Crippen LogP contribution >= 0.6 is 0 Å². The first kappa shape index (κ1) is 13.3. The molecule has 94 valence electrons. The number of hydrogen-bond donors (Lipinski definition) is 3. The van der Waals surface area contributed by atoms with Crippen LogP contribution in [0.4, 0.5) is 4.79 Å². The van der Waals surface area contributed by atoms with Gasteiger partial charge in [0.15, 0.2) is 0 Å². The Morgan fingerprint density at radius 1 is 1.50 bits per heavy atom. The molecule has 1 saturated heterocycles. The lowest BCUT2D eigenvalue weighted by Crippen LogP contribution is -2.51. The van der Waals surface area contributed by atoms with Gasteiger partial charge in [-0.05, 0) is 33.6 Å². The van der Waals surface area contributed by atoms with Crippen molar-refractivity contribution >= 4 is 6.09 Å². The number of carbonyl (C=O) groups is 1. The van der Waals surface area contributed by atoms with Crippen LogP contribution in [0, 0.1) is 0 Å². The number of nitrogens with one attached hydrogen (secondary N) is 2. The maximum absolute atomic E-state index is 11.5. The topological polar surface area (TPSA) is 70.6 Å². The van der Waals surface area contributed by atoms with E-state index >= 15 is 0 Å². The Hall–Kier alpha value is -0.810. The molecule has 1 heterocycles. The molecular weight excluding hydrogens is 208 g/mol. The Kier molecular flexibility index (Phi) is 4.56. The van der Waals surface area contributed by atoms with Crippen LogP contribution < -0.4 is 10.6 Å². The van der Waals surface area contributed by atoms with Crippen molar-refractivity contribution in [3.05, 3.63) is 0 Å². The zero-order valence-electron chi connectivity index (χ0n) is 10.2. The normalized spacial score (nSPS) is 26.2. The van der Waals surface area contributed by atoms with E-state index in [9.17, 15) is 4.79 Å². The molecule has 0 radical (unpaired) electrons. The second kappa shape index (κ2) is 5.50. The van der Waals surface area contributed by atoms with Crippen LogP contribution in [0.15, 0.2) is 0 Å². The van der Waals surface area contributed by atoms with Crippen LogP contribution in [0.1, 0.15) is 33.6 Å². The van der Waals surface area contributed by atoms with Crippen molar-refractivity contribution in [3.63, 3.8) is 0 Å². The van der Waals surface area contributed by atoms with E-state index in [-0.39, 0.29) is 24.8 Å². The Morgan fingerprint density at radius 3 is 2.62 bits per heavy atom. The predicted molar refractivity (Wildman–Crippen MR) is 61.3 cm³/mol. The molecule has 1 rings (SSSR count). The molecule has 1 amide bonds. The number of carbonyl (C=O) groups excluding carboxylic acids is 1. The second-order valence-corrected chi connectivity index (χ2v) is 5.21. The average Bonchev–Trinajstić information content (AvgIpc) is 2.16. The van der Waals surface area contributed by atoms with E-state index in [0.717, 1.165) is 12.8 Å². The molecule has 0 saturated carbocycles. The summed E-state index contributed by atoms with van der Waals surface area (Å²) in [6, 6.07) is 0.259. The summed E-state index contributed by atoms with van der Waals surface area (Å²) in [6.07, 6.45) is 1.37. The molecular formula is C11H22N2O3. The number of piperidine rings is 1. The molecule has 5 nitrogen and oxygen atoms in total. The van der Waals surface area contributed by atoms with Gasteiger partial charge >= 0.3 is 6.09 Å². The van der Waals surface area contributed by atoms with Crippen molar-refractivity contribution in [2.45, 2.75) is 51.3 Å². The lowest BCUT2D eigenvalue weighted by Gasteiger charge is -2.30. The van der Waals surface area contributed by atoms with Gasteiger partial charge in [0.1, 0.15) is 5.60 Å². The Bertz CT molecular complexity index is 230. The van der Waals surface area contributed by atoms with Gasteiger partial charge in [0.25, 0.3) is 0 Å². The fraction of sp³-hybridized carbons (Fsp3) is 0.909. The van der Waals surface area contributed by atoms with Gasteiger partial charge in [-0.2, -0.15) is 0 Å². The second-order valence-electron chi connectivity index (χ2n) is 5.21. The minimum atomic E-state index is -0.459. The molecule has 1 aliphatic rings. The number of alkyl carbamates (subject to hydrolysis) is 1. The highest BCUT2D eigenvalue weighted by molar-refractivity contribution is 5.68. The largest absolute Gasteiger partial charge is 0.444 e. The van der Waals surface area contributed by atoms with E-state index in [0.29, 0.717) is 6.54 Å². The highest BCUT2D eigenvalue weighted by Crippen LogP contribution is 2.10. The summed E-state index contributed by atoms with van der Waals surface area (Å²) in [5.41, 5.74) is -0.459. The fourth-order valence-corrected chi connectivity index (χ4v) is 1.67. The zero-order valence-corrected chi connectivity index (χ0v) is 10.2. The summed E-state index contributed by atoms with van der Waals surface area (Å²) in [6.45, 7) is 6.36. The third kappa shape index (κ3) is 4.81. The van der Waals surface area contributed by atoms with Gasteiger partial charge in [-0.1, -0.05) is 0 Å². The molecule has 1 fully saturated rings. The average molecular weight is 230 g/mol. The molecule has 1 aliphatic heterocycles. The molecule has 0 aromatic rings. The molecule has 3 N–H and O–H groups in total. The Balaban J connectivity index is 2.26. The number of rotatable bonds is 2. The van der Waals surface area contributed by atoms with Crippen LogP contribution in [-0.4, -0.2) is 42.0 Å². The zero-order chi connectivity index (χ0) is 12.2. The van der Waals surface area contributed by atoms with Crippen molar-refractivity contribution < 1.29 is 14.6 Å². The number of aliphatic hydroxyl groups excluding tert-OH is 1. The quantitative estimate of drug-likeness (QED) is 0.650. The maximum Gasteiger partial charge on any atom is 0.407 e. The van der Waals surface area contributed by atoms with Crippen LogP contribution in [-0.2, 0) is 4.74 Å². The SMILES string of the molecule is CC(C)(C)OC(=O)N[C@H]1CC[C@@H](CO)NC1. The summed E-state index contributed by atoms with van der Waals surface area (Å²) in [5, 5.41) is 14.9. The number of amides is 1. The number of aliphatic hydroxyl groups is 1. The highest BCUT2D eigenvalue weighted by atomic mass is 16.6. The van der Waals surface area contributed by atoms with Crippen molar-refractivity contribution in [1.29, 1.82) is 0 Å². The molecule has 0 aromatic carbocycles. The van der Waals surface area contributed by atoms with Crippen molar-refractivity contribution in [3.8, 4) is 0 Å². The standard InChI is InChI=1S/C11H22N2O3/c1-11(2,3)16-10(15)13-8-4-5-9(7-14)12-6-8/h8-9,12,14H,4-7H2,1-3H3,(H,13,15)/t8-,9-/m0/s1. The van der Waals surface area contributed by atoms with Crippen LogP contribution in [0.3, 0.4) is 0 Å². The minimum absolute atomic E-state index is 0.0950. The summed E-state index contributed by atoms with van der Waals surface area (Å²) in [4.78, 5) is 11.5. The van der Waals surface area contributed by atoms with Gasteiger partial charge < -0.3 is 20.5 Å². The summed E-state index contributed by atoms with van der Waals surface area (Å²) >= 11 is 0. The Morgan fingerprint density at radius 2 is 2.19 bits per heavy atom. The van der Waals surface area contributed by atoms with Gasteiger partial charge in [-0.25, -0.2) is 4.79 Å². The molecule has 16 heavy (non-hydrogen) atoms. The van der Waals surface area contributed by atoms with Crippen molar-refractivity contribution in [2.24, 2.45) is 0 Å². The number of ether oxygens (including phenoxy) is 1. The highest BCUT2D eigenvalue weighted by Gasteiger charge is 2.23. The van der Waals surface area contributed by atoms with Gasteiger partial charge in [-0.3, -0.25) is 0 Å². The first-order valence-electron chi connectivity index (χ1n) is 5.74. The third-order valence-corrected chi connectivity index (χ3v) is 2.46. The van der Waals surface area contributed by atoms with Gasteiger partial charge in [0.05, 0.1) is 6.61 Å². The van der Waals surface area contributed by atoms with Gasteiger partial charge in [0.2, 0.25) is 0 Å². The molecule has 0 unspecified atom stereocenters. The molecule has 0 aromatic heterocycles. The Labute approximate surface area is 96.6 Å². The molecule has 0 spiro atoms. The van der Waals surface area contributed by atoms with Gasteiger partial charge in [0, 0.05) is 18.6 Å². The molecule has 0 bridgehead atoms. The summed E-state index contributed by atoms with van der Waals surface area (Å²) in [7, 11) is 0. The van der Waals surface area contributed by atoms with Gasteiger partial charge in [-0.15, -0.1) is 0 Å². The fourth-order valence-electron chi connectivity index (χ4n) is 1.67. The molecule has 5 heteroatoms. The lowest BCUT2D eigenvalue weighted by molar-refractivity contribution is 0.0490. The minimum Gasteiger partial charge on any atom is -0.444 e. The van der Waals surface area contributed by atoms with Crippen LogP contribution in [0.5, 0.6) is 0 Å². The third-order valence-electron chi connectivity index (χ3n) is 2.46. The van der Waals surface area contributed by atoms with Crippen molar-refractivity contribution in [2.75, 3.05) is 13.2 Å². The molecule has 0 aliphatic carbocycles. The van der Waals surface area contributed by atoms with Crippen LogP contribution in [0.25, 0.3) is 0 Å². The van der Waals surface area contributed by atoms with E-state index in [1.54, 1.807) is 0 Å². The van der Waals surface area contributed by atoms with E-state index in [1.165, 1.54) is 0 Å². The van der Waals surface area contributed by atoms with Crippen LogP contribution in [0.2, 0.25) is 0 Å². The van der Waals surface area contributed by atoms with E-state index < -0.39 is 5.60 Å². The lowest BCUT2D eigenvalue weighted by atomic mass is 10.0. The van der Waals surface area contributed by atoms with E-state index in [1.807, 2.05) is 20.8 Å².